The van der Waals surface area contributed by atoms with Crippen LogP contribution in [0.25, 0.3) is 0 Å². The molecule has 3 N–H and O–H groups in total. The second-order valence-electron chi connectivity index (χ2n) is 5.26. The molecule has 0 aliphatic carbocycles. The predicted molar refractivity (Wildman–Crippen MR) is 78.5 cm³/mol. The van der Waals surface area contributed by atoms with Gasteiger partial charge in [0.1, 0.15) is 0 Å². The Morgan fingerprint density at radius 1 is 1.30 bits per heavy atom. The third-order valence-corrected chi connectivity index (χ3v) is 2.69. The van der Waals surface area contributed by atoms with E-state index < -0.39 is 6.10 Å². The highest BCUT2D eigenvalue weighted by atomic mass is 16.3. The highest BCUT2D eigenvalue weighted by Crippen LogP contribution is 2.10. The van der Waals surface area contributed by atoms with Crippen LogP contribution in [0.2, 0.25) is 0 Å². The molecule has 0 saturated heterocycles. The Morgan fingerprint density at radius 2 is 2.00 bits per heavy atom. The molecule has 1 rings (SSSR count). The van der Waals surface area contributed by atoms with Gasteiger partial charge in [-0.15, -0.1) is 0 Å². The molecule has 1 atom stereocenters. The van der Waals surface area contributed by atoms with E-state index in [4.69, 9.17) is 0 Å². The minimum absolute atomic E-state index is 0.185. The molecule has 2 amide bonds. The van der Waals surface area contributed by atoms with Gasteiger partial charge in [-0.05, 0) is 30.5 Å². The summed E-state index contributed by atoms with van der Waals surface area (Å²) < 4.78 is 0. The van der Waals surface area contributed by atoms with Gasteiger partial charge in [-0.2, -0.15) is 0 Å². The monoisotopic (exact) mass is 278 g/mol. The van der Waals surface area contributed by atoms with Crippen molar-refractivity contribution in [1.82, 2.24) is 5.32 Å². The Morgan fingerprint density at radius 3 is 2.60 bits per heavy atom. The zero-order valence-corrected chi connectivity index (χ0v) is 12.1. The second kappa shape index (κ2) is 7.65. The van der Waals surface area contributed by atoms with Gasteiger partial charge >= 0.3 is 0 Å². The van der Waals surface area contributed by atoms with Crippen LogP contribution in [-0.2, 0) is 4.79 Å². The summed E-state index contributed by atoms with van der Waals surface area (Å²) >= 11 is 0. The number of aliphatic hydroxyl groups is 1. The number of aliphatic hydroxyl groups excluding tert-OH is 1. The lowest BCUT2D eigenvalue weighted by Crippen LogP contribution is -2.32. The molecule has 1 unspecified atom stereocenters. The van der Waals surface area contributed by atoms with Crippen LogP contribution < -0.4 is 10.6 Å². The minimum Gasteiger partial charge on any atom is -0.391 e. The number of hydrogen-bond donors (Lipinski definition) is 3. The maximum Gasteiger partial charge on any atom is 0.251 e. The summed E-state index contributed by atoms with van der Waals surface area (Å²) in [5.41, 5.74) is 1.03. The summed E-state index contributed by atoms with van der Waals surface area (Å²) in [4.78, 5) is 22.9. The van der Waals surface area contributed by atoms with Crippen LogP contribution in [0.5, 0.6) is 0 Å². The molecule has 0 fully saturated rings. The molecule has 1 aromatic carbocycles. The van der Waals surface area contributed by atoms with Crippen molar-refractivity contribution >= 4 is 17.5 Å². The Balaban J connectivity index is 2.57. The van der Waals surface area contributed by atoms with Crippen LogP contribution in [0.15, 0.2) is 24.3 Å². The standard InChI is InChI=1S/C15H22N2O3/c1-10(2)7-14(19)9-16-15(20)12-5-4-6-13(8-12)17-11(3)18/h4-6,8,10,14,19H,7,9H2,1-3H3,(H,16,20)(H,17,18). The summed E-state index contributed by atoms with van der Waals surface area (Å²) in [6.07, 6.45) is 0.101. The van der Waals surface area contributed by atoms with E-state index in [0.717, 1.165) is 0 Å². The lowest BCUT2D eigenvalue weighted by Gasteiger charge is -2.14. The molecular weight excluding hydrogens is 256 g/mol. The molecule has 0 aliphatic heterocycles. The molecule has 110 valence electrons. The fourth-order valence-corrected chi connectivity index (χ4v) is 1.88. The third kappa shape index (κ3) is 5.84. The van der Waals surface area contributed by atoms with Crippen molar-refractivity contribution in [2.45, 2.75) is 33.3 Å². The van der Waals surface area contributed by atoms with E-state index in [1.807, 2.05) is 13.8 Å². The zero-order valence-electron chi connectivity index (χ0n) is 12.1. The maximum absolute atomic E-state index is 11.9. The molecule has 0 aromatic heterocycles. The SMILES string of the molecule is CC(=O)Nc1cccc(C(=O)NCC(O)CC(C)C)c1. The first-order valence-electron chi connectivity index (χ1n) is 6.72. The van der Waals surface area contributed by atoms with Gasteiger partial charge in [0.25, 0.3) is 5.91 Å². The maximum atomic E-state index is 11.9. The summed E-state index contributed by atoms with van der Waals surface area (Å²) in [5, 5.41) is 15.0. The van der Waals surface area contributed by atoms with Crippen molar-refractivity contribution in [3.63, 3.8) is 0 Å². The molecular formula is C15H22N2O3. The van der Waals surface area contributed by atoms with Crippen molar-refractivity contribution in [3.05, 3.63) is 29.8 Å². The summed E-state index contributed by atoms with van der Waals surface area (Å²) in [6, 6.07) is 6.68. The summed E-state index contributed by atoms with van der Waals surface area (Å²) in [6.45, 7) is 5.67. The van der Waals surface area contributed by atoms with Gasteiger partial charge in [-0.1, -0.05) is 19.9 Å². The molecule has 0 spiro atoms. The van der Waals surface area contributed by atoms with E-state index in [-0.39, 0.29) is 18.4 Å². The lowest BCUT2D eigenvalue weighted by atomic mass is 10.1. The summed E-state index contributed by atoms with van der Waals surface area (Å²) in [5.74, 6) is -0.0695. The quantitative estimate of drug-likeness (QED) is 0.742. The van der Waals surface area contributed by atoms with Gasteiger partial charge in [0, 0.05) is 24.7 Å². The van der Waals surface area contributed by atoms with Crippen molar-refractivity contribution in [3.8, 4) is 0 Å². The first-order chi connectivity index (χ1) is 9.38. The highest BCUT2D eigenvalue weighted by Gasteiger charge is 2.11. The average Bonchev–Trinajstić information content (AvgIpc) is 2.34. The van der Waals surface area contributed by atoms with E-state index in [0.29, 0.717) is 23.6 Å². The van der Waals surface area contributed by atoms with E-state index >= 15 is 0 Å². The highest BCUT2D eigenvalue weighted by molar-refractivity contribution is 5.96. The van der Waals surface area contributed by atoms with Crippen LogP contribution in [0.3, 0.4) is 0 Å². The van der Waals surface area contributed by atoms with Gasteiger partial charge < -0.3 is 15.7 Å². The average molecular weight is 278 g/mol. The van der Waals surface area contributed by atoms with Gasteiger partial charge in [0.15, 0.2) is 0 Å². The molecule has 5 nitrogen and oxygen atoms in total. The molecule has 1 aromatic rings. The molecule has 0 saturated carbocycles. The number of anilines is 1. The normalized spacial score (nSPS) is 12.1. The van der Waals surface area contributed by atoms with Crippen molar-refractivity contribution in [1.29, 1.82) is 0 Å². The van der Waals surface area contributed by atoms with E-state index in [9.17, 15) is 14.7 Å². The Bertz CT molecular complexity index is 472. The topological polar surface area (TPSA) is 78.4 Å². The molecule has 0 aliphatic rings. The first-order valence-corrected chi connectivity index (χ1v) is 6.72. The van der Waals surface area contributed by atoms with Crippen LogP contribution in [-0.4, -0.2) is 29.6 Å². The molecule has 0 heterocycles. The van der Waals surface area contributed by atoms with Crippen molar-refractivity contribution in [2.75, 3.05) is 11.9 Å². The fourth-order valence-electron chi connectivity index (χ4n) is 1.88. The van der Waals surface area contributed by atoms with E-state index in [1.165, 1.54) is 6.92 Å². The van der Waals surface area contributed by atoms with E-state index in [1.54, 1.807) is 24.3 Å². The van der Waals surface area contributed by atoms with Crippen LogP contribution in [0.4, 0.5) is 5.69 Å². The minimum atomic E-state index is -0.544. The smallest absolute Gasteiger partial charge is 0.251 e. The van der Waals surface area contributed by atoms with Crippen LogP contribution >= 0.6 is 0 Å². The number of rotatable bonds is 6. The lowest BCUT2D eigenvalue weighted by molar-refractivity contribution is -0.114. The van der Waals surface area contributed by atoms with Crippen LogP contribution in [0, 0.1) is 5.92 Å². The third-order valence-electron chi connectivity index (χ3n) is 2.69. The first kappa shape index (κ1) is 16.2. The number of carbonyl (C=O) groups is 2. The van der Waals surface area contributed by atoms with E-state index in [2.05, 4.69) is 10.6 Å². The predicted octanol–water partition coefficient (Wildman–Crippen LogP) is 1.78. The van der Waals surface area contributed by atoms with Gasteiger partial charge in [-0.3, -0.25) is 9.59 Å². The van der Waals surface area contributed by atoms with Crippen molar-refractivity contribution in [2.24, 2.45) is 5.92 Å². The number of nitrogens with one attached hydrogen (secondary N) is 2. The Hall–Kier alpha value is -1.88. The molecule has 0 bridgehead atoms. The van der Waals surface area contributed by atoms with Gasteiger partial charge in [0.2, 0.25) is 5.91 Å². The summed E-state index contributed by atoms with van der Waals surface area (Å²) in [7, 11) is 0. The zero-order chi connectivity index (χ0) is 15.1. The number of benzene rings is 1. The number of carbonyl (C=O) groups excluding carboxylic acids is 2. The second-order valence-corrected chi connectivity index (χ2v) is 5.26. The number of amides is 2. The van der Waals surface area contributed by atoms with Gasteiger partial charge in [0.05, 0.1) is 6.10 Å². The van der Waals surface area contributed by atoms with Gasteiger partial charge in [-0.25, -0.2) is 0 Å². The molecule has 0 radical (unpaired) electrons. The number of hydrogen-bond acceptors (Lipinski definition) is 3. The Labute approximate surface area is 119 Å². The van der Waals surface area contributed by atoms with Crippen LogP contribution in [0.1, 0.15) is 37.6 Å². The molecule has 5 heteroatoms. The fraction of sp³-hybridized carbons (Fsp3) is 0.467. The molecule has 20 heavy (non-hydrogen) atoms. The largest absolute Gasteiger partial charge is 0.391 e. The Kier molecular flexibility index (Phi) is 6.18. The van der Waals surface area contributed by atoms with Crippen molar-refractivity contribution < 1.29 is 14.7 Å².